The fourth-order valence-electron chi connectivity index (χ4n) is 2.53. The molecule has 6 nitrogen and oxygen atoms in total. The van der Waals surface area contributed by atoms with Crippen LogP contribution in [0, 0.1) is 0 Å². The van der Waals surface area contributed by atoms with Crippen LogP contribution in [0.5, 0.6) is 5.75 Å². The Morgan fingerprint density at radius 3 is 2.54 bits per heavy atom. The van der Waals surface area contributed by atoms with E-state index >= 15 is 0 Å². The van der Waals surface area contributed by atoms with E-state index in [0.29, 0.717) is 13.1 Å². The zero-order valence-electron chi connectivity index (χ0n) is 14.7. The minimum atomic E-state index is -0.189. The number of carbonyl (C=O) groups excluding carboxylic acids is 1. The van der Waals surface area contributed by atoms with E-state index in [1.807, 2.05) is 60.8 Å². The highest BCUT2D eigenvalue weighted by atomic mass is 16.5. The number of urea groups is 1. The van der Waals surface area contributed by atoms with Crippen molar-refractivity contribution in [3.05, 3.63) is 78.1 Å². The standard InChI is InChI=1S/C20H22N4O2/c1-26-19-9-7-16(8-10-19)11-12-21-20(25)22-13-17-14-23-24(15-17)18-5-3-2-4-6-18/h2-10,14-15H,11-13H2,1H3,(H2,21,22,25). The number of aromatic nitrogens is 2. The summed E-state index contributed by atoms with van der Waals surface area (Å²) < 4.78 is 6.92. The van der Waals surface area contributed by atoms with Gasteiger partial charge in [-0.05, 0) is 36.2 Å². The van der Waals surface area contributed by atoms with Crippen molar-refractivity contribution in [2.45, 2.75) is 13.0 Å². The average Bonchev–Trinajstić information content (AvgIpc) is 3.17. The van der Waals surface area contributed by atoms with Crippen molar-refractivity contribution in [3.8, 4) is 11.4 Å². The Hall–Kier alpha value is -3.28. The molecule has 1 heterocycles. The first-order chi connectivity index (χ1) is 12.7. The van der Waals surface area contributed by atoms with E-state index in [1.165, 1.54) is 0 Å². The SMILES string of the molecule is COc1ccc(CCNC(=O)NCc2cnn(-c3ccccc3)c2)cc1. The maximum absolute atomic E-state index is 11.9. The lowest BCUT2D eigenvalue weighted by atomic mass is 10.1. The lowest BCUT2D eigenvalue weighted by Gasteiger charge is -2.07. The normalized spacial score (nSPS) is 10.3. The van der Waals surface area contributed by atoms with E-state index in [9.17, 15) is 4.79 Å². The second-order valence-corrected chi connectivity index (χ2v) is 5.84. The largest absolute Gasteiger partial charge is 0.497 e. The van der Waals surface area contributed by atoms with Crippen LogP contribution in [0.1, 0.15) is 11.1 Å². The Kier molecular flexibility index (Phi) is 5.88. The van der Waals surface area contributed by atoms with E-state index in [2.05, 4.69) is 15.7 Å². The number of nitrogens with zero attached hydrogens (tertiary/aromatic N) is 2. The second-order valence-electron chi connectivity index (χ2n) is 5.84. The first kappa shape index (κ1) is 17.5. The molecule has 0 fully saturated rings. The molecule has 2 N–H and O–H groups in total. The van der Waals surface area contributed by atoms with E-state index < -0.39 is 0 Å². The molecule has 26 heavy (non-hydrogen) atoms. The van der Waals surface area contributed by atoms with Crippen LogP contribution in [0.4, 0.5) is 4.79 Å². The van der Waals surface area contributed by atoms with Gasteiger partial charge in [0.25, 0.3) is 0 Å². The average molecular weight is 350 g/mol. The molecule has 0 unspecified atom stereocenters. The van der Waals surface area contributed by atoms with E-state index in [-0.39, 0.29) is 6.03 Å². The second kappa shape index (κ2) is 8.71. The minimum absolute atomic E-state index is 0.189. The number of benzene rings is 2. The number of nitrogens with one attached hydrogen (secondary N) is 2. The molecular weight excluding hydrogens is 328 g/mol. The Morgan fingerprint density at radius 1 is 1.04 bits per heavy atom. The van der Waals surface area contributed by atoms with Gasteiger partial charge in [-0.25, -0.2) is 9.48 Å². The first-order valence-electron chi connectivity index (χ1n) is 8.48. The van der Waals surface area contributed by atoms with Gasteiger partial charge in [0.05, 0.1) is 19.0 Å². The minimum Gasteiger partial charge on any atom is -0.497 e. The van der Waals surface area contributed by atoms with Gasteiger partial charge in [-0.1, -0.05) is 30.3 Å². The highest BCUT2D eigenvalue weighted by Crippen LogP contribution is 2.11. The van der Waals surface area contributed by atoms with Gasteiger partial charge in [0.2, 0.25) is 0 Å². The third-order valence-corrected chi connectivity index (χ3v) is 3.97. The molecule has 0 saturated carbocycles. The Bertz CT molecular complexity index is 829. The zero-order valence-corrected chi connectivity index (χ0v) is 14.7. The highest BCUT2D eigenvalue weighted by Gasteiger charge is 2.04. The third-order valence-electron chi connectivity index (χ3n) is 3.97. The molecule has 0 aliphatic carbocycles. The number of methoxy groups -OCH3 is 1. The number of carbonyl (C=O) groups is 1. The Balaban J connectivity index is 1.40. The van der Waals surface area contributed by atoms with Crippen LogP contribution in [0.3, 0.4) is 0 Å². The molecule has 0 aliphatic rings. The summed E-state index contributed by atoms with van der Waals surface area (Å²) in [7, 11) is 1.64. The number of para-hydroxylation sites is 1. The maximum atomic E-state index is 11.9. The molecule has 134 valence electrons. The van der Waals surface area contributed by atoms with E-state index in [4.69, 9.17) is 4.74 Å². The predicted molar refractivity (Wildman–Crippen MR) is 101 cm³/mol. The van der Waals surface area contributed by atoms with Gasteiger partial charge in [-0.3, -0.25) is 0 Å². The fourth-order valence-corrected chi connectivity index (χ4v) is 2.53. The van der Waals surface area contributed by atoms with Gasteiger partial charge in [0.15, 0.2) is 0 Å². The molecule has 0 atom stereocenters. The van der Waals surface area contributed by atoms with Gasteiger partial charge >= 0.3 is 6.03 Å². The van der Waals surface area contributed by atoms with Crippen LogP contribution in [-0.4, -0.2) is 29.5 Å². The van der Waals surface area contributed by atoms with Gasteiger partial charge in [0.1, 0.15) is 5.75 Å². The van der Waals surface area contributed by atoms with Gasteiger partial charge in [0, 0.05) is 24.8 Å². The number of ether oxygens (including phenoxy) is 1. The molecule has 0 bridgehead atoms. The highest BCUT2D eigenvalue weighted by molar-refractivity contribution is 5.73. The number of rotatable bonds is 7. The van der Waals surface area contributed by atoms with Gasteiger partial charge in [-0.2, -0.15) is 5.10 Å². The van der Waals surface area contributed by atoms with Crippen molar-refractivity contribution in [3.63, 3.8) is 0 Å². The molecule has 2 amide bonds. The van der Waals surface area contributed by atoms with Crippen LogP contribution in [0.15, 0.2) is 67.0 Å². The number of amides is 2. The van der Waals surface area contributed by atoms with Gasteiger partial charge < -0.3 is 15.4 Å². The van der Waals surface area contributed by atoms with Crippen LogP contribution in [0.25, 0.3) is 5.69 Å². The molecule has 0 radical (unpaired) electrons. The molecule has 0 saturated heterocycles. The van der Waals surface area contributed by atoms with Crippen molar-refractivity contribution in [2.75, 3.05) is 13.7 Å². The summed E-state index contributed by atoms with van der Waals surface area (Å²) in [6.07, 6.45) is 4.43. The Labute approximate surface area is 152 Å². The molecule has 3 aromatic rings. The van der Waals surface area contributed by atoms with Crippen molar-refractivity contribution >= 4 is 6.03 Å². The van der Waals surface area contributed by atoms with Gasteiger partial charge in [-0.15, -0.1) is 0 Å². The van der Waals surface area contributed by atoms with E-state index in [1.54, 1.807) is 18.0 Å². The smallest absolute Gasteiger partial charge is 0.315 e. The summed E-state index contributed by atoms with van der Waals surface area (Å²) in [5, 5.41) is 10.0. The van der Waals surface area contributed by atoms with Crippen molar-refractivity contribution < 1.29 is 9.53 Å². The molecule has 6 heteroatoms. The molecular formula is C20H22N4O2. The zero-order chi connectivity index (χ0) is 18.2. The van der Waals surface area contributed by atoms with Crippen LogP contribution >= 0.6 is 0 Å². The molecule has 0 aliphatic heterocycles. The van der Waals surface area contributed by atoms with Crippen LogP contribution in [-0.2, 0) is 13.0 Å². The molecule has 3 rings (SSSR count). The summed E-state index contributed by atoms with van der Waals surface area (Å²) in [5.41, 5.74) is 3.08. The van der Waals surface area contributed by atoms with Crippen molar-refractivity contribution in [1.29, 1.82) is 0 Å². The number of hydrogen-bond donors (Lipinski definition) is 2. The quantitative estimate of drug-likeness (QED) is 0.688. The predicted octanol–water partition coefficient (Wildman–Crippen LogP) is 2.92. The molecule has 1 aromatic heterocycles. The van der Waals surface area contributed by atoms with Crippen LogP contribution in [0.2, 0.25) is 0 Å². The summed E-state index contributed by atoms with van der Waals surface area (Å²) in [6, 6.07) is 17.5. The summed E-state index contributed by atoms with van der Waals surface area (Å²) >= 11 is 0. The number of hydrogen-bond acceptors (Lipinski definition) is 3. The first-order valence-corrected chi connectivity index (χ1v) is 8.48. The van der Waals surface area contributed by atoms with Crippen molar-refractivity contribution in [1.82, 2.24) is 20.4 Å². The molecule has 0 spiro atoms. The Morgan fingerprint density at radius 2 is 1.81 bits per heavy atom. The summed E-state index contributed by atoms with van der Waals surface area (Å²) in [5.74, 6) is 0.829. The van der Waals surface area contributed by atoms with E-state index in [0.717, 1.165) is 29.0 Å². The fraction of sp³-hybridized carbons (Fsp3) is 0.200. The molecule has 2 aromatic carbocycles. The van der Waals surface area contributed by atoms with Crippen LogP contribution < -0.4 is 15.4 Å². The monoisotopic (exact) mass is 350 g/mol. The lowest BCUT2D eigenvalue weighted by Crippen LogP contribution is -2.36. The lowest BCUT2D eigenvalue weighted by molar-refractivity contribution is 0.240. The third kappa shape index (κ3) is 4.86. The maximum Gasteiger partial charge on any atom is 0.315 e. The topological polar surface area (TPSA) is 68.2 Å². The summed E-state index contributed by atoms with van der Waals surface area (Å²) in [6.45, 7) is 1.00. The van der Waals surface area contributed by atoms with Crippen molar-refractivity contribution in [2.24, 2.45) is 0 Å². The summed E-state index contributed by atoms with van der Waals surface area (Å²) in [4.78, 5) is 11.9.